The van der Waals surface area contributed by atoms with Crippen LogP contribution in [-0.4, -0.2) is 0 Å². The van der Waals surface area contributed by atoms with E-state index in [9.17, 15) is 0 Å². The van der Waals surface area contributed by atoms with E-state index in [1.165, 1.54) is 27.8 Å². The first-order chi connectivity index (χ1) is 7.15. The van der Waals surface area contributed by atoms with Gasteiger partial charge in [0.25, 0.3) is 0 Å². The average molecular weight is 195 g/mol. The normalized spacial score (nSPS) is 10.3. The Morgan fingerprint density at radius 1 is 0.800 bits per heavy atom. The third kappa shape index (κ3) is 2.27. The highest BCUT2D eigenvalue weighted by Gasteiger charge is 1.99. The predicted molar refractivity (Wildman–Crippen MR) is 64.9 cm³/mol. The van der Waals surface area contributed by atoms with Gasteiger partial charge in [-0.15, -0.1) is 0 Å². The molecule has 0 bridgehead atoms. The lowest BCUT2D eigenvalue weighted by Gasteiger charge is -2.05. The third-order valence-electron chi connectivity index (χ3n) is 2.49. The van der Waals surface area contributed by atoms with Gasteiger partial charge in [0.15, 0.2) is 0 Å². The minimum absolute atomic E-state index is 1.18. The van der Waals surface area contributed by atoms with Crippen molar-refractivity contribution in [2.75, 3.05) is 0 Å². The van der Waals surface area contributed by atoms with Crippen molar-refractivity contribution in [1.29, 1.82) is 0 Å². The molecular formula is C15H15. The Morgan fingerprint density at radius 3 is 2.07 bits per heavy atom. The summed E-state index contributed by atoms with van der Waals surface area (Å²) in [4.78, 5) is 0. The smallest absolute Gasteiger partial charge is 0.00990 e. The number of rotatable bonds is 1. The van der Waals surface area contributed by atoms with Gasteiger partial charge in [-0.1, -0.05) is 53.1 Å². The summed E-state index contributed by atoms with van der Waals surface area (Å²) < 4.78 is 0. The van der Waals surface area contributed by atoms with Crippen molar-refractivity contribution in [1.82, 2.24) is 0 Å². The van der Waals surface area contributed by atoms with Crippen molar-refractivity contribution < 1.29 is 0 Å². The summed E-state index contributed by atoms with van der Waals surface area (Å²) >= 11 is 0. The van der Waals surface area contributed by atoms with Crippen molar-refractivity contribution in [3.63, 3.8) is 0 Å². The van der Waals surface area contributed by atoms with Crippen molar-refractivity contribution in [3.8, 4) is 11.1 Å². The third-order valence-corrected chi connectivity index (χ3v) is 2.49. The molecule has 0 saturated heterocycles. The topological polar surface area (TPSA) is 0 Å². The molecule has 0 spiro atoms. The van der Waals surface area contributed by atoms with Crippen LogP contribution in [0.4, 0.5) is 0 Å². The van der Waals surface area contributed by atoms with Crippen LogP contribution in [0.5, 0.6) is 0 Å². The van der Waals surface area contributed by atoms with Crippen LogP contribution in [0.25, 0.3) is 11.1 Å². The average Bonchev–Trinajstić information content (AvgIpc) is 2.16. The van der Waals surface area contributed by atoms with Crippen LogP contribution in [0.2, 0.25) is 0 Å². The number of aryl methyl sites for hydroxylation is 3. The second-order valence-corrected chi connectivity index (χ2v) is 4.16. The molecule has 2 rings (SSSR count). The van der Waals surface area contributed by atoms with Gasteiger partial charge in [0.2, 0.25) is 0 Å². The summed E-state index contributed by atoms with van der Waals surface area (Å²) in [7, 11) is 0. The summed E-state index contributed by atoms with van der Waals surface area (Å²) in [6, 6.07) is 16.1. The Balaban J connectivity index is 2.54. The molecule has 0 heterocycles. The molecule has 15 heavy (non-hydrogen) atoms. The van der Waals surface area contributed by atoms with Crippen molar-refractivity contribution >= 4 is 0 Å². The van der Waals surface area contributed by atoms with Crippen LogP contribution in [0.1, 0.15) is 16.7 Å². The van der Waals surface area contributed by atoms with Crippen LogP contribution in [0.15, 0.2) is 36.4 Å². The molecular weight excluding hydrogens is 180 g/mol. The highest BCUT2D eigenvalue weighted by molar-refractivity contribution is 5.65. The van der Waals surface area contributed by atoms with Crippen LogP contribution in [-0.2, 0) is 0 Å². The Bertz CT molecular complexity index is 461. The first kappa shape index (κ1) is 9.97. The highest BCUT2D eigenvalue weighted by Crippen LogP contribution is 2.22. The van der Waals surface area contributed by atoms with Gasteiger partial charge in [-0.2, -0.15) is 0 Å². The van der Waals surface area contributed by atoms with Crippen molar-refractivity contribution in [2.45, 2.75) is 20.8 Å². The van der Waals surface area contributed by atoms with Crippen LogP contribution < -0.4 is 0 Å². The summed E-state index contributed by atoms with van der Waals surface area (Å²) in [5.74, 6) is 0. The molecule has 0 amide bonds. The number of hydrogen-bond donors (Lipinski definition) is 0. The molecule has 0 aliphatic rings. The molecule has 0 aliphatic heterocycles. The molecule has 0 unspecified atom stereocenters. The second kappa shape index (κ2) is 3.90. The van der Waals surface area contributed by atoms with Crippen molar-refractivity contribution in [2.24, 2.45) is 0 Å². The van der Waals surface area contributed by atoms with Gasteiger partial charge in [-0.3, -0.25) is 0 Å². The fraction of sp³-hybridized carbons (Fsp3) is 0.200. The standard InChI is InChI=1S/C15H15/c1-11-5-4-6-14(8-11)15-9-12(2)7-13(3)10-15/h4-5,7-10H,1-3H3. The Hall–Kier alpha value is -1.56. The van der Waals surface area contributed by atoms with Gasteiger partial charge in [-0.05, 0) is 38.0 Å². The van der Waals surface area contributed by atoms with Gasteiger partial charge in [0, 0.05) is 0 Å². The van der Waals surface area contributed by atoms with E-state index in [1.807, 2.05) is 6.07 Å². The first-order valence-corrected chi connectivity index (χ1v) is 5.22. The first-order valence-electron chi connectivity index (χ1n) is 5.22. The molecule has 2 aromatic carbocycles. The Kier molecular flexibility index (Phi) is 2.59. The van der Waals surface area contributed by atoms with E-state index in [2.05, 4.69) is 57.2 Å². The van der Waals surface area contributed by atoms with E-state index in [4.69, 9.17) is 0 Å². The summed E-state index contributed by atoms with van der Waals surface area (Å²) in [5.41, 5.74) is 6.33. The quantitative estimate of drug-likeness (QED) is 0.643. The molecule has 0 aromatic heterocycles. The van der Waals surface area contributed by atoms with E-state index in [0.717, 1.165) is 0 Å². The van der Waals surface area contributed by atoms with E-state index in [1.54, 1.807) is 0 Å². The fourth-order valence-corrected chi connectivity index (χ4v) is 1.88. The molecule has 0 heteroatoms. The van der Waals surface area contributed by atoms with E-state index >= 15 is 0 Å². The number of benzene rings is 2. The van der Waals surface area contributed by atoms with Crippen LogP contribution in [0.3, 0.4) is 0 Å². The summed E-state index contributed by atoms with van der Waals surface area (Å²) in [5, 5.41) is 0. The maximum Gasteiger partial charge on any atom is -0.00990 e. The van der Waals surface area contributed by atoms with Gasteiger partial charge in [-0.25, -0.2) is 0 Å². The van der Waals surface area contributed by atoms with Crippen LogP contribution in [0, 0.1) is 26.8 Å². The van der Waals surface area contributed by atoms with Gasteiger partial charge in [0.05, 0.1) is 0 Å². The SMILES string of the molecule is Cc1cc[c]c(-c2cc(C)cc(C)c2)c1. The largest absolute Gasteiger partial charge is 0.0587 e. The van der Waals surface area contributed by atoms with Crippen LogP contribution >= 0.6 is 0 Å². The minimum atomic E-state index is 1.18. The second-order valence-electron chi connectivity index (χ2n) is 4.16. The molecule has 1 radical (unpaired) electrons. The zero-order valence-electron chi connectivity index (χ0n) is 9.46. The Labute approximate surface area is 91.6 Å². The Morgan fingerprint density at radius 2 is 1.47 bits per heavy atom. The molecule has 0 N–H and O–H groups in total. The maximum atomic E-state index is 3.28. The summed E-state index contributed by atoms with van der Waals surface area (Å²) in [6.07, 6.45) is 0. The van der Waals surface area contributed by atoms with Gasteiger partial charge >= 0.3 is 0 Å². The predicted octanol–water partition coefficient (Wildman–Crippen LogP) is 4.08. The van der Waals surface area contributed by atoms with Gasteiger partial charge in [0.1, 0.15) is 0 Å². The minimum Gasteiger partial charge on any atom is -0.0587 e. The summed E-state index contributed by atoms with van der Waals surface area (Å²) in [6.45, 7) is 6.37. The zero-order valence-corrected chi connectivity index (χ0v) is 9.46. The lowest BCUT2D eigenvalue weighted by atomic mass is 10.00. The molecule has 0 atom stereocenters. The van der Waals surface area contributed by atoms with E-state index in [0.29, 0.717) is 0 Å². The molecule has 0 aliphatic carbocycles. The fourth-order valence-electron chi connectivity index (χ4n) is 1.88. The lowest BCUT2D eigenvalue weighted by molar-refractivity contribution is 1.37. The molecule has 75 valence electrons. The molecule has 0 saturated carbocycles. The zero-order chi connectivity index (χ0) is 10.8. The monoisotopic (exact) mass is 195 g/mol. The molecule has 0 nitrogen and oxygen atoms in total. The molecule has 0 fully saturated rings. The van der Waals surface area contributed by atoms with Crippen molar-refractivity contribution in [3.05, 3.63) is 59.2 Å². The highest BCUT2D eigenvalue weighted by atomic mass is 14.0. The van der Waals surface area contributed by atoms with Gasteiger partial charge < -0.3 is 0 Å². The maximum absolute atomic E-state index is 3.28. The number of hydrogen-bond acceptors (Lipinski definition) is 0. The van der Waals surface area contributed by atoms with E-state index < -0.39 is 0 Å². The molecule has 2 aromatic rings. The lowest BCUT2D eigenvalue weighted by Crippen LogP contribution is -1.83. The van der Waals surface area contributed by atoms with E-state index in [-0.39, 0.29) is 0 Å².